The first-order chi connectivity index (χ1) is 8.65. The number of hydrogen-bond acceptors (Lipinski definition) is 4. The summed E-state index contributed by atoms with van der Waals surface area (Å²) in [4.78, 5) is 22.0. The number of benzene rings is 1. The Bertz CT molecular complexity index is 454. The lowest BCUT2D eigenvalue weighted by Gasteiger charge is -2.04. The zero-order chi connectivity index (χ0) is 13.4. The van der Waals surface area contributed by atoms with Gasteiger partial charge in [0, 0.05) is 6.08 Å². The van der Waals surface area contributed by atoms with E-state index in [2.05, 4.69) is 0 Å². The number of esters is 1. The largest absolute Gasteiger partial charge is 0.489 e. The number of para-hydroxylation sites is 1. The van der Waals surface area contributed by atoms with Gasteiger partial charge in [0.1, 0.15) is 13.7 Å². The van der Waals surface area contributed by atoms with Crippen LogP contribution in [0.2, 0.25) is 0 Å². The SMILES string of the molecule is [2H]C(=O)c1ccccc1OC/C=C/C(=O)OCC. The fourth-order valence-corrected chi connectivity index (χ4v) is 1.15. The Kier molecular flexibility index (Phi) is 4.84. The van der Waals surface area contributed by atoms with Gasteiger partial charge >= 0.3 is 5.97 Å². The second-order valence-corrected chi connectivity index (χ2v) is 3.06. The summed E-state index contributed by atoms with van der Waals surface area (Å²) in [5.74, 6) is -0.114. The van der Waals surface area contributed by atoms with Gasteiger partial charge in [0.15, 0.2) is 6.26 Å². The highest BCUT2D eigenvalue weighted by atomic mass is 16.5. The van der Waals surface area contributed by atoms with Crippen LogP contribution in [0.1, 0.15) is 18.7 Å². The summed E-state index contributed by atoms with van der Waals surface area (Å²) in [6.45, 7) is 2.17. The summed E-state index contributed by atoms with van der Waals surface area (Å²) < 4.78 is 17.0. The molecule has 0 N–H and O–H groups in total. The molecule has 0 unspecified atom stereocenters. The second kappa shape index (κ2) is 7.22. The van der Waals surface area contributed by atoms with Crippen LogP contribution >= 0.6 is 0 Å². The van der Waals surface area contributed by atoms with Gasteiger partial charge in [-0.2, -0.15) is 0 Å². The van der Waals surface area contributed by atoms with E-state index >= 15 is 0 Å². The van der Waals surface area contributed by atoms with E-state index in [1.54, 1.807) is 25.1 Å². The maximum absolute atomic E-state index is 11.0. The van der Waals surface area contributed by atoms with E-state index < -0.39 is 12.2 Å². The molecule has 0 aromatic heterocycles. The molecule has 17 heavy (non-hydrogen) atoms. The fraction of sp³-hybridized carbons (Fsp3) is 0.231. The molecule has 0 saturated carbocycles. The van der Waals surface area contributed by atoms with E-state index in [-0.39, 0.29) is 12.2 Å². The monoisotopic (exact) mass is 235 g/mol. The maximum Gasteiger partial charge on any atom is 0.330 e. The van der Waals surface area contributed by atoms with Gasteiger partial charge in [-0.25, -0.2) is 4.79 Å². The number of hydrogen-bond donors (Lipinski definition) is 0. The van der Waals surface area contributed by atoms with Crippen molar-refractivity contribution in [2.45, 2.75) is 6.92 Å². The van der Waals surface area contributed by atoms with Crippen molar-refractivity contribution in [2.75, 3.05) is 13.2 Å². The Labute approximate surface area is 101 Å². The van der Waals surface area contributed by atoms with Crippen LogP contribution in [0.5, 0.6) is 5.75 Å². The van der Waals surface area contributed by atoms with E-state index in [0.29, 0.717) is 12.4 Å². The topological polar surface area (TPSA) is 52.6 Å². The third-order valence-corrected chi connectivity index (χ3v) is 1.87. The van der Waals surface area contributed by atoms with E-state index in [9.17, 15) is 9.59 Å². The van der Waals surface area contributed by atoms with Gasteiger partial charge < -0.3 is 9.47 Å². The molecule has 0 spiro atoms. The third kappa shape index (κ3) is 4.51. The minimum Gasteiger partial charge on any atom is -0.489 e. The first-order valence-corrected chi connectivity index (χ1v) is 5.21. The van der Waals surface area contributed by atoms with Crippen LogP contribution in [0.3, 0.4) is 0 Å². The Morgan fingerprint density at radius 3 is 2.94 bits per heavy atom. The highest BCUT2D eigenvalue weighted by molar-refractivity contribution is 5.82. The quantitative estimate of drug-likeness (QED) is 0.430. The van der Waals surface area contributed by atoms with E-state index in [1.165, 1.54) is 18.2 Å². The summed E-state index contributed by atoms with van der Waals surface area (Å²) >= 11 is 0. The van der Waals surface area contributed by atoms with Gasteiger partial charge in [0.2, 0.25) is 0 Å². The van der Waals surface area contributed by atoms with Crippen molar-refractivity contribution in [1.82, 2.24) is 0 Å². The van der Waals surface area contributed by atoms with Crippen molar-refractivity contribution < 1.29 is 20.4 Å². The molecule has 1 aromatic carbocycles. The average molecular weight is 235 g/mol. The summed E-state index contributed by atoms with van der Waals surface area (Å²) in [6, 6.07) is 6.47. The summed E-state index contributed by atoms with van der Waals surface area (Å²) in [6.07, 6.45) is 1.94. The van der Waals surface area contributed by atoms with Crippen molar-refractivity contribution in [2.24, 2.45) is 0 Å². The number of carbonyl (C=O) groups excluding carboxylic acids is 2. The minimum atomic E-state index is -0.806. The molecular formula is C13H14O4. The smallest absolute Gasteiger partial charge is 0.330 e. The van der Waals surface area contributed by atoms with Crippen molar-refractivity contribution in [3.63, 3.8) is 0 Å². The van der Waals surface area contributed by atoms with Gasteiger partial charge in [0.25, 0.3) is 0 Å². The van der Waals surface area contributed by atoms with Crippen LogP contribution in [0.15, 0.2) is 36.4 Å². The molecule has 0 amide bonds. The lowest BCUT2D eigenvalue weighted by Crippen LogP contribution is -2.01. The first-order valence-electron chi connectivity index (χ1n) is 5.71. The molecule has 0 aliphatic heterocycles. The summed E-state index contributed by atoms with van der Waals surface area (Å²) in [5.41, 5.74) is 0.196. The molecule has 0 aliphatic rings. The lowest BCUT2D eigenvalue weighted by atomic mass is 10.2. The van der Waals surface area contributed by atoms with Crippen LogP contribution in [-0.2, 0) is 9.53 Å². The summed E-state index contributed by atoms with van der Waals surface area (Å²) in [5, 5.41) is 0. The molecule has 0 atom stereocenters. The highest BCUT2D eigenvalue weighted by Gasteiger charge is 1.99. The van der Waals surface area contributed by atoms with E-state index in [1.807, 2.05) is 0 Å². The normalized spacial score (nSPS) is 11.0. The molecule has 0 aliphatic carbocycles. The maximum atomic E-state index is 11.0. The van der Waals surface area contributed by atoms with Gasteiger partial charge in [-0.3, -0.25) is 4.79 Å². The molecule has 0 heterocycles. The molecule has 1 aromatic rings. The van der Waals surface area contributed by atoms with Gasteiger partial charge in [0.05, 0.1) is 12.2 Å². The zero-order valence-electron chi connectivity index (χ0n) is 10.5. The molecule has 0 bridgehead atoms. The third-order valence-electron chi connectivity index (χ3n) is 1.87. The Morgan fingerprint density at radius 1 is 1.47 bits per heavy atom. The molecule has 0 saturated heterocycles. The molecule has 90 valence electrons. The minimum absolute atomic E-state index is 0.128. The first kappa shape index (κ1) is 11.4. The van der Waals surface area contributed by atoms with Crippen molar-refractivity contribution in [1.29, 1.82) is 0 Å². The van der Waals surface area contributed by atoms with E-state index in [4.69, 9.17) is 10.8 Å². The van der Waals surface area contributed by atoms with Crippen LogP contribution < -0.4 is 4.74 Å². The number of carbonyl (C=O) groups is 2. The summed E-state index contributed by atoms with van der Waals surface area (Å²) in [7, 11) is 0. The van der Waals surface area contributed by atoms with Crippen LogP contribution in [0, 0.1) is 0 Å². The van der Waals surface area contributed by atoms with Crippen LogP contribution in [0.4, 0.5) is 0 Å². The van der Waals surface area contributed by atoms with Crippen molar-refractivity contribution in [3.8, 4) is 5.75 Å². The van der Waals surface area contributed by atoms with E-state index in [0.717, 1.165) is 0 Å². The predicted octanol–water partition coefficient (Wildman–Crippen LogP) is 2.00. The average Bonchev–Trinajstić information content (AvgIpc) is 2.35. The zero-order valence-corrected chi connectivity index (χ0v) is 9.51. The number of rotatable bonds is 6. The van der Waals surface area contributed by atoms with Gasteiger partial charge in [-0.1, -0.05) is 12.1 Å². The predicted molar refractivity (Wildman–Crippen MR) is 63.1 cm³/mol. The molecule has 1 rings (SSSR count). The Hall–Kier alpha value is -2.10. The number of ether oxygens (including phenoxy) is 2. The van der Waals surface area contributed by atoms with Crippen molar-refractivity contribution >= 4 is 12.2 Å². The van der Waals surface area contributed by atoms with Crippen LogP contribution in [-0.4, -0.2) is 25.4 Å². The second-order valence-electron chi connectivity index (χ2n) is 3.06. The van der Waals surface area contributed by atoms with Gasteiger partial charge in [-0.15, -0.1) is 0 Å². The van der Waals surface area contributed by atoms with Crippen molar-refractivity contribution in [3.05, 3.63) is 42.0 Å². The highest BCUT2D eigenvalue weighted by Crippen LogP contribution is 2.15. The standard InChI is InChI=1S/C13H14O4/c1-2-16-13(15)8-5-9-17-12-7-4-3-6-11(12)10-14/h3-8,10H,2,9H2,1H3/b8-5+/i10D. The fourth-order valence-electron chi connectivity index (χ4n) is 1.15. The molecule has 0 fully saturated rings. The lowest BCUT2D eigenvalue weighted by molar-refractivity contribution is -0.137. The molecule has 4 heteroatoms. The Morgan fingerprint density at radius 2 is 2.24 bits per heavy atom. The van der Waals surface area contributed by atoms with Gasteiger partial charge in [-0.05, 0) is 25.1 Å². The molecular weight excluding hydrogens is 220 g/mol. The molecule has 4 nitrogen and oxygen atoms in total. The van der Waals surface area contributed by atoms with Crippen LogP contribution in [0.25, 0.3) is 0 Å². The molecule has 0 radical (unpaired) electrons. The Balaban J connectivity index is 2.54. The number of aldehydes is 1.